The fourth-order valence-electron chi connectivity index (χ4n) is 1.47. The maximum Gasteiger partial charge on any atom is 0.269 e. The van der Waals surface area contributed by atoms with Gasteiger partial charge in [0.05, 0.1) is 11.0 Å². The second-order valence-corrected chi connectivity index (χ2v) is 3.91. The van der Waals surface area contributed by atoms with Gasteiger partial charge in [-0.2, -0.15) is 0 Å². The molecule has 0 saturated heterocycles. The maximum absolute atomic E-state index is 11.5. The number of likely N-dealkylation sites (N-methyl/N-ethyl adjacent to an activating group) is 1. The molecule has 1 aromatic carbocycles. The van der Waals surface area contributed by atoms with Crippen molar-refractivity contribution < 1.29 is 9.72 Å². The highest BCUT2D eigenvalue weighted by molar-refractivity contribution is 5.80. The lowest BCUT2D eigenvalue weighted by molar-refractivity contribution is -0.384. The first-order valence-corrected chi connectivity index (χ1v) is 5.15. The van der Waals surface area contributed by atoms with Crippen LogP contribution in [0.25, 0.3) is 0 Å². The monoisotopic (exact) mass is 237 g/mol. The number of carbonyl (C=O) groups is 1. The van der Waals surface area contributed by atoms with Crippen molar-refractivity contribution in [3.05, 3.63) is 39.9 Å². The van der Waals surface area contributed by atoms with E-state index in [1.165, 1.54) is 17.0 Å². The fourth-order valence-corrected chi connectivity index (χ4v) is 1.47. The highest BCUT2D eigenvalue weighted by Gasteiger charge is 2.14. The largest absolute Gasteiger partial charge is 0.340 e. The molecule has 1 rings (SSSR count). The van der Waals surface area contributed by atoms with Gasteiger partial charge in [-0.15, -0.1) is 0 Å². The zero-order valence-corrected chi connectivity index (χ0v) is 9.79. The molecule has 0 aliphatic rings. The quantitative estimate of drug-likeness (QED) is 0.622. The molecule has 0 saturated carbocycles. The van der Waals surface area contributed by atoms with E-state index in [-0.39, 0.29) is 11.6 Å². The molecule has 1 atom stereocenters. The van der Waals surface area contributed by atoms with Crippen molar-refractivity contribution in [3.63, 3.8) is 0 Å². The molecule has 0 unspecified atom stereocenters. The zero-order valence-electron chi connectivity index (χ0n) is 9.79. The first-order chi connectivity index (χ1) is 7.91. The summed E-state index contributed by atoms with van der Waals surface area (Å²) in [6.45, 7) is 1.91. The van der Waals surface area contributed by atoms with Crippen molar-refractivity contribution >= 4 is 11.6 Å². The fraction of sp³-hybridized carbons (Fsp3) is 0.364. The Morgan fingerprint density at radius 2 is 2.24 bits per heavy atom. The van der Waals surface area contributed by atoms with Crippen LogP contribution in [0.5, 0.6) is 0 Å². The minimum Gasteiger partial charge on any atom is -0.340 e. The highest BCUT2D eigenvalue weighted by Crippen LogP contribution is 2.14. The number of nitro groups is 1. The lowest BCUT2D eigenvalue weighted by Gasteiger charge is -2.19. The molecule has 6 heteroatoms. The van der Waals surface area contributed by atoms with Crippen molar-refractivity contribution in [2.24, 2.45) is 5.73 Å². The Kier molecular flexibility index (Phi) is 4.17. The zero-order chi connectivity index (χ0) is 13.0. The Morgan fingerprint density at radius 1 is 1.59 bits per heavy atom. The number of carbonyl (C=O) groups excluding carboxylic acids is 1. The van der Waals surface area contributed by atoms with Gasteiger partial charge in [0.1, 0.15) is 0 Å². The van der Waals surface area contributed by atoms with Crippen molar-refractivity contribution in [2.45, 2.75) is 19.5 Å². The average Bonchev–Trinajstić information content (AvgIpc) is 2.28. The molecular weight excluding hydrogens is 222 g/mol. The Hall–Kier alpha value is -1.95. The molecule has 1 aromatic rings. The van der Waals surface area contributed by atoms with Crippen LogP contribution in [-0.4, -0.2) is 28.8 Å². The summed E-state index contributed by atoms with van der Waals surface area (Å²) in [4.78, 5) is 23.1. The van der Waals surface area contributed by atoms with Crippen molar-refractivity contribution in [3.8, 4) is 0 Å². The van der Waals surface area contributed by atoms with Gasteiger partial charge in [0.15, 0.2) is 0 Å². The molecule has 0 spiro atoms. The van der Waals surface area contributed by atoms with Crippen LogP contribution in [0, 0.1) is 10.1 Å². The molecule has 6 nitrogen and oxygen atoms in total. The van der Waals surface area contributed by atoms with Crippen LogP contribution in [0.15, 0.2) is 24.3 Å². The van der Waals surface area contributed by atoms with Gasteiger partial charge >= 0.3 is 0 Å². The molecule has 0 fully saturated rings. The van der Waals surface area contributed by atoms with Crippen LogP contribution in [0.4, 0.5) is 5.69 Å². The average molecular weight is 237 g/mol. The second-order valence-electron chi connectivity index (χ2n) is 3.91. The van der Waals surface area contributed by atoms with Gasteiger partial charge in [-0.05, 0) is 12.5 Å². The third-order valence-electron chi connectivity index (χ3n) is 2.31. The van der Waals surface area contributed by atoms with Gasteiger partial charge in [0.2, 0.25) is 5.91 Å². The second kappa shape index (κ2) is 5.40. The highest BCUT2D eigenvalue weighted by atomic mass is 16.6. The first kappa shape index (κ1) is 13.1. The lowest BCUT2D eigenvalue weighted by Crippen LogP contribution is -2.39. The third kappa shape index (κ3) is 3.53. The molecule has 17 heavy (non-hydrogen) atoms. The Labute approximate surface area is 99.2 Å². The number of hydrogen-bond acceptors (Lipinski definition) is 4. The van der Waals surface area contributed by atoms with Gasteiger partial charge in [-0.1, -0.05) is 12.1 Å². The van der Waals surface area contributed by atoms with E-state index in [9.17, 15) is 14.9 Å². The molecule has 0 aromatic heterocycles. The van der Waals surface area contributed by atoms with Gasteiger partial charge in [0.25, 0.3) is 5.69 Å². The topological polar surface area (TPSA) is 89.5 Å². The number of nitro benzene ring substituents is 1. The van der Waals surface area contributed by atoms with Crippen molar-refractivity contribution in [1.82, 2.24) is 4.90 Å². The number of amides is 1. The minimum atomic E-state index is -0.571. The van der Waals surface area contributed by atoms with Crippen LogP contribution in [-0.2, 0) is 11.3 Å². The van der Waals surface area contributed by atoms with E-state index in [0.717, 1.165) is 0 Å². The van der Waals surface area contributed by atoms with Crippen LogP contribution in [0.2, 0.25) is 0 Å². The van der Waals surface area contributed by atoms with Crippen LogP contribution < -0.4 is 5.73 Å². The molecule has 0 aliphatic carbocycles. The number of nitrogens with two attached hydrogens (primary N) is 1. The summed E-state index contributed by atoms with van der Waals surface area (Å²) in [7, 11) is 1.62. The Morgan fingerprint density at radius 3 is 2.76 bits per heavy atom. The van der Waals surface area contributed by atoms with Gasteiger partial charge in [-0.3, -0.25) is 14.9 Å². The van der Waals surface area contributed by atoms with E-state index in [1.54, 1.807) is 26.1 Å². The Bertz CT molecular complexity index is 432. The number of non-ortho nitro benzene ring substituents is 1. The smallest absolute Gasteiger partial charge is 0.269 e. The SMILES string of the molecule is C[C@@H](N)C(=O)N(C)Cc1cccc([N+](=O)[O-])c1. The van der Waals surface area contributed by atoms with Gasteiger partial charge in [0, 0.05) is 25.7 Å². The summed E-state index contributed by atoms with van der Waals surface area (Å²) in [5.74, 6) is -0.198. The first-order valence-electron chi connectivity index (χ1n) is 5.15. The molecule has 0 aliphatic heterocycles. The van der Waals surface area contributed by atoms with Gasteiger partial charge < -0.3 is 10.6 Å². The summed E-state index contributed by atoms with van der Waals surface area (Å²) in [5, 5.41) is 10.6. The summed E-state index contributed by atoms with van der Waals surface area (Å²) < 4.78 is 0. The molecule has 0 radical (unpaired) electrons. The van der Waals surface area contributed by atoms with Crippen molar-refractivity contribution in [2.75, 3.05) is 7.05 Å². The molecular formula is C11H15N3O3. The minimum absolute atomic E-state index is 0.0177. The molecule has 1 amide bonds. The molecule has 0 heterocycles. The Balaban J connectivity index is 2.78. The van der Waals surface area contributed by atoms with Crippen LogP contribution in [0.1, 0.15) is 12.5 Å². The normalized spacial score (nSPS) is 11.9. The van der Waals surface area contributed by atoms with Crippen LogP contribution in [0.3, 0.4) is 0 Å². The van der Waals surface area contributed by atoms with E-state index in [1.807, 2.05) is 0 Å². The third-order valence-corrected chi connectivity index (χ3v) is 2.31. The van der Waals surface area contributed by atoms with Gasteiger partial charge in [-0.25, -0.2) is 0 Å². The summed E-state index contributed by atoms with van der Waals surface area (Å²) in [6.07, 6.45) is 0. The number of benzene rings is 1. The lowest BCUT2D eigenvalue weighted by atomic mass is 10.2. The van der Waals surface area contributed by atoms with Crippen LogP contribution >= 0.6 is 0 Å². The predicted molar refractivity (Wildman–Crippen MR) is 63.2 cm³/mol. The predicted octanol–water partition coefficient (Wildman–Crippen LogP) is 0.900. The number of rotatable bonds is 4. The van der Waals surface area contributed by atoms with E-state index in [0.29, 0.717) is 12.1 Å². The maximum atomic E-state index is 11.5. The number of nitrogens with zero attached hydrogens (tertiary/aromatic N) is 2. The van der Waals surface area contributed by atoms with Crippen molar-refractivity contribution in [1.29, 1.82) is 0 Å². The summed E-state index contributed by atoms with van der Waals surface area (Å²) in [6, 6.07) is 5.62. The number of hydrogen-bond donors (Lipinski definition) is 1. The summed E-state index contributed by atoms with van der Waals surface area (Å²) in [5.41, 5.74) is 6.19. The van der Waals surface area contributed by atoms with E-state index in [2.05, 4.69) is 0 Å². The van der Waals surface area contributed by atoms with E-state index in [4.69, 9.17) is 5.73 Å². The standard InChI is InChI=1S/C11H15N3O3/c1-8(12)11(15)13(2)7-9-4-3-5-10(6-9)14(16)17/h3-6,8H,7,12H2,1-2H3/t8-/m1/s1. The van der Waals surface area contributed by atoms with E-state index < -0.39 is 11.0 Å². The molecule has 92 valence electrons. The molecule has 0 bridgehead atoms. The molecule has 2 N–H and O–H groups in total. The van der Waals surface area contributed by atoms with E-state index >= 15 is 0 Å². The summed E-state index contributed by atoms with van der Waals surface area (Å²) >= 11 is 0.